The number of aryl methyl sites for hydroxylation is 2. The van der Waals surface area contributed by atoms with Crippen molar-refractivity contribution >= 4 is 39.2 Å². The zero-order valence-corrected chi connectivity index (χ0v) is 22.5. The Labute approximate surface area is 219 Å². The van der Waals surface area contributed by atoms with Gasteiger partial charge < -0.3 is 15.3 Å². The number of rotatable bonds is 6. The van der Waals surface area contributed by atoms with Crippen molar-refractivity contribution in [2.45, 2.75) is 13.8 Å². The molecule has 0 amide bonds. The average molecular weight is 556 g/mol. The fourth-order valence-electron chi connectivity index (χ4n) is 3.19. The summed E-state index contributed by atoms with van der Waals surface area (Å²) in [5.74, 6) is 3.01. The van der Waals surface area contributed by atoms with Gasteiger partial charge in [0.25, 0.3) is 0 Å². The third kappa shape index (κ3) is 7.71. The summed E-state index contributed by atoms with van der Waals surface area (Å²) in [4.78, 5) is 19.7. The fourth-order valence-corrected chi connectivity index (χ4v) is 3.65. The van der Waals surface area contributed by atoms with Crippen LogP contribution in [0.5, 0.6) is 0 Å². The number of aromatic nitrogens is 4. The Kier molecular flexibility index (Phi) is 9.54. The zero-order valence-electron chi connectivity index (χ0n) is 20.1. The van der Waals surface area contributed by atoms with E-state index in [2.05, 4.69) is 41.2 Å². The zero-order chi connectivity index (χ0) is 25.4. The quantitative estimate of drug-likeness (QED) is 0.311. The molecule has 182 valence electrons. The second-order valence-corrected chi connectivity index (χ2v) is 9.17. The molecule has 9 heteroatoms. The summed E-state index contributed by atoms with van der Waals surface area (Å²) in [6.07, 6.45) is 0. The smallest absolute Gasteiger partial charge is 0.161 e. The molecule has 0 aliphatic carbocycles. The van der Waals surface area contributed by atoms with Gasteiger partial charge in [-0.25, -0.2) is 19.9 Å². The van der Waals surface area contributed by atoms with Crippen LogP contribution in [0, 0.1) is 13.8 Å². The Morgan fingerprint density at radius 3 is 2.17 bits per heavy atom. The third-order valence-corrected chi connectivity index (χ3v) is 5.73. The predicted octanol–water partition coefficient (Wildman–Crippen LogP) is 5.79. The van der Waals surface area contributed by atoms with Gasteiger partial charge in [-0.2, -0.15) is 0 Å². The molecule has 7 nitrogen and oxygen atoms in total. The minimum absolute atomic E-state index is 0.104. The van der Waals surface area contributed by atoms with Crippen molar-refractivity contribution in [3.63, 3.8) is 0 Å². The van der Waals surface area contributed by atoms with Gasteiger partial charge in [-0.1, -0.05) is 51.8 Å². The number of halogens is 2. The first-order valence-electron chi connectivity index (χ1n) is 11.0. The van der Waals surface area contributed by atoms with E-state index in [1.165, 1.54) is 0 Å². The summed E-state index contributed by atoms with van der Waals surface area (Å²) in [6, 6.07) is 19.2. The van der Waals surface area contributed by atoms with E-state index in [1.54, 1.807) is 0 Å². The van der Waals surface area contributed by atoms with Gasteiger partial charge in [0.05, 0.1) is 6.61 Å². The minimum Gasteiger partial charge on any atom is -0.395 e. The highest BCUT2D eigenvalue weighted by Crippen LogP contribution is 2.22. The summed E-state index contributed by atoms with van der Waals surface area (Å²) >= 11 is 9.35. The molecule has 0 radical (unpaired) electrons. The number of likely N-dealkylation sites (N-methyl/N-ethyl adjacent to an activating group) is 1. The second kappa shape index (κ2) is 12.6. The van der Waals surface area contributed by atoms with Crippen LogP contribution in [0.15, 0.2) is 65.1 Å². The topological polar surface area (TPSA) is 87.1 Å². The van der Waals surface area contributed by atoms with Gasteiger partial charge in [0, 0.05) is 64.8 Å². The van der Waals surface area contributed by atoms with E-state index < -0.39 is 0 Å². The van der Waals surface area contributed by atoms with Gasteiger partial charge in [-0.3, -0.25) is 0 Å². The monoisotopic (exact) mass is 554 g/mol. The van der Waals surface area contributed by atoms with Crippen LogP contribution in [-0.2, 0) is 0 Å². The minimum atomic E-state index is 0.104. The van der Waals surface area contributed by atoms with E-state index in [4.69, 9.17) is 16.7 Å². The first-order chi connectivity index (χ1) is 16.8. The molecule has 2 aromatic carbocycles. The summed E-state index contributed by atoms with van der Waals surface area (Å²) in [6.45, 7) is 4.54. The van der Waals surface area contributed by atoms with Gasteiger partial charge in [-0.15, -0.1) is 0 Å². The maximum atomic E-state index is 8.99. The molecular formula is C26H28BrClN6O. The van der Waals surface area contributed by atoms with Crippen molar-refractivity contribution in [2.24, 2.45) is 0 Å². The lowest BCUT2D eigenvalue weighted by Crippen LogP contribution is -2.22. The number of aliphatic hydroxyl groups is 1. The molecule has 2 N–H and O–H groups in total. The molecule has 0 bridgehead atoms. The van der Waals surface area contributed by atoms with Crippen LogP contribution in [0.1, 0.15) is 11.4 Å². The maximum absolute atomic E-state index is 8.99. The number of anilines is 2. The Morgan fingerprint density at radius 2 is 1.54 bits per heavy atom. The highest BCUT2D eigenvalue weighted by molar-refractivity contribution is 9.10. The highest BCUT2D eigenvalue weighted by Gasteiger charge is 2.08. The highest BCUT2D eigenvalue weighted by atomic mass is 79.9. The maximum Gasteiger partial charge on any atom is 0.161 e. The predicted molar refractivity (Wildman–Crippen MR) is 147 cm³/mol. The molecule has 2 heterocycles. The summed E-state index contributed by atoms with van der Waals surface area (Å²) < 4.78 is 1.03. The van der Waals surface area contributed by atoms with Crippen LogP contribution in [0.4, 0.5) is 11.6 Å². The molecule has 0 spiro atoms. The standard InChI is InChI=1S/C14H16BrN3O.C12H12ClN3/c1-10-9-13(18(2)7-8-19)17-14(16-10)11-3-5-12(15)6-4-11;1-8-6-11(14-2)16-12(15-8)9-4-3-5-10(13)7-9/h3-6,9,19H,7-8H2,1-2H3;3-7H,1-2H3,(H,14,15,16). The van der Waals surface area contributed by atoms with Gasteiger partial charge >= 0.3 is 0 Å². The van der Waals surface area contributed by atoms with Crippen LogP contribution in [-0.4, -0.2) is 52.3 Å². The molecule has 0 fully saturated rings. The van der Waals surface area contributed by atoms with Crippen LogP contribution in [0.2, 0.25) is 5.02 Å². The van der Waals surface area contributed by atoms with E-state index >= 15 is 0 Å². The van der Waals surface area contributed by atoms with E-state index in [1.807, 2.05) is 93.5 Å². The van der Waals surface area contributed by atoms with Crippen LogP contribution >= 0.6 is 27.5 Å². The van der Waals surface area contributed by atoms with Gasteiger partial charge in [-0.05, 0) is 38.1 Å². The van der Waals surface area contributed by atoms with Crippen molar-refractivity contribution in [1.29, 1.82) is 0 Å². The lowest BCUT2D eigenvalue weighted by molar-refractivity contribution is 0.304. The van der Waals surface area contributed by atoms with Crippen LogP contribution in [0.25, 0.3) is 22.8 Å². The largest absolute Gasteiger partial charge is 0.395 e. The van der Waals surface area contributed by atoms with Crippen molar-refractivity contribution in [3.05, 3.63) is 81.5 Å². The Hall–Kier alpha value is -3.07. The molecule has 35 heavy (non-hydrogen) atoms. The fraction of sp³-hybridized carbons (Fsp3) is 0.231. The summed E-state index contributed by atoms with van der Waals surface area (Å²) in [5, 5.41) is 12.7. The lowest BCUT2D eigenvalue weighted by atomic mass is 10.2. The molecule has 0 saturated carbocycles. The van der Waals surface area contributed by atoms with E-state index in [-0.39, 0.29) is 6.61 Å². The first-order valence-corrected chi connectivity index (χ1v) is 12.2. The SMILES string of the molecule is CNc1cc(C)nc(-c2cccc(Cl)c2)n1.Cc1cc(N(C)CCO)nc(-c2ccc(Br)cc2)n1. The molecule has 0 aliphatic heterocycles. The molecule has 4 rings (SSSR count). The first kappa shape index (κ1) is 26.5. The van der Waals surface area contributed by atoms with Crippen LogP contribution < -0.4 is 10.2 Å². The van der Waals surface area contributed by atoms with E-state index in [9.17, 15) is 0 Å². The summed E-state index contributed by atoms with van der Waals surface area (Å²) in [7, 11) is 3.74. The number of hydrogen-bond acceptors (Lipinski definition) is 7. The summed E-state index contributed by atoms with van der Waals surface area (Å²) in [5.41, 5.74) is 3.74. The van der Waals surface area contributed by atoms with Crippen LogP contribution in [0.3, 0.4) is 0 Å². The molecule has 4 aromatic rings. The number of aliphatic hydroxyl groups excluding tert-OH is 1. The van der Waals surface area contributed by atoms with E-state index in [0.29, 0.717) is 23.2 Å². The van der Waals surface area contributed by atoms with Crippen molar-refractivity contribution in [2.75, 3.05) is 37.5 Å². The normalized spacial score (nSPS) is 10.4. The van der Waals surface area contributed by atoms with Crippen molar-refractivity contribution in [1.82, 2.24) is 19.9 Å². The average Bonchev–Trinajstić information content (AvgIpc) is 2.84. The molecule has 0 unspecified atom stereocenters. The third-order valence-electron chi connectivity index (χ3n) is 4.96. The van der Waals surface area contributed by atoms with Gasteiger partial charge in [0.1, 0.15) is 11.6 Å². The number of benzene rings is 2. The number of nitrogens with zero attached hydrogens (tertiary/aromatic N) is 5. The lowest BCUT2D eigenvalue weighted by Gasteiger charge is -2.17. The van der Waals surface area contributed by atoms with Gasteiger partial charge in [0.15, 0.2) is 11.6 Å². The van der Waals surface area contributed by atoms with Gasteiger partial charge in [0.2, 0.25) is 0 Å². The second-order valence-electron chi connectivity index (χ2n) is 7.82. The number of nitrogens with one attached hydrogen (secondary N) is 1. The molecule has 0 atom stereocenters. The molecular weight excluding hydrogens is 528 g/mol. The molecule has 2 aromatic heterocycles. The van der Waals surface area contributed by atoms with Crippen molar-refractivity contribution < 1.29 is 5.11 Å². The Balaban J connectivity index is 0.000000198. The molecule has 0 aliphatic rings. The van der Waals surface area contributed by atoms with Crippen molar-refractivity contribution in [3.8, 4) is 22.8 Å². The Bertz CT molecular complexity index is 1270. The Morgan fingerprint density at radius 1 is 0.886 bits per heavy atom. The van der Waals surface area contributed by atoms with E-state index in [0.717, 1.165) is 38.6 Å². The molecule has 0 saturated heterocycles. The number of hydrogen-bond donors (Lipinski definition) is 2.